The number of aryl methyl sites for hydroxylation is 1. The van der Waals surface area contributed by atoms with Crippen LogP contribution in [0.15, 0.2) is 47.4 Å². The Morgan fingerprint density at radius 1 is 1.09 bits per heavy atom. The molecule has 0 unspecified atom stereocenters. The summed E-state index contributed by atoms with van der Waals surface area (Å²) in [7, 11) is 0.360. The van der Waals surface area contributed by atoms with Crippen molar-refractivity contribution in [2.24, 2.45) is 0 Å². The molecule has 0 atom stereocenters. The first kappa shape index (κ1) is 17.9. The Hall–Kier alpha value is -1.40. The van der Waals surface area contributed by atoms with Gasteiger partial charge in [0.1, 0.15) is 0 Å². The number of nitrogens with one attached hydrogen (secondary N) is 1. The predicted molar refractivity (Wildman–Crippen MR) is 94.0 cm³/mol. The molecule has 4 nitrogen and oxygen atoms in total. The van der Waals surface area contributed by atoms with E-state index in [1.54, 1.807) is 19.1 Å². The maximum absolute atomic E-state index is 12.5. The van der Waals surface area contributed by atoms with E-state index in [1.807, 2.05) is 38.4 Å². The third-order valence-electron chi connectivity index (χ3n) is 3.50. The van der Waals surface area contributed by atoms with Gasteiger partial charge in [-0.25, -0.2) is 13.1 Å². The molecule has 6 heteroatoms. The lowest BCUT2D eigenvalue weighted by atomic mass is 10.1. The molecule has 23 heavy (non-hydrogen) atoms. The number of sulfonamides is 1. The van der Waals surface area contributed by atoms with Crippen LogP contribution in [-0.2, 0) is 23.1 Å². The molecular weight excluding hydrogens is 332 g/mol. The first-order valence-corrected chi connectivity index (χ1v) is 9.13. The summed E-state index contributed by atoms with van der Waals surface area (Å²) < 4.78 is 27.7. The first-order chi connectivity index (χ1) is 10.8. The van der Waals surface area contributed by atoms with E-state index in [0.29, 0.717) is 10.6 Å². The number of halogens is 1. The van der Waals surface area contributed by atoms with Crippen LogP contribution < -0.4 is 4.72 Å². The lowest BCUT2D eigenvalue weighted by Crippen LogP contribution is -2.25. The minimum absolute atomic E-state index is 0.218. The molecule has 0 aliphatic carbocycles. The summed E-state index contributed by atoms with van der Waals surface area (Å²) in [6.07, 6.45) is 0. The summed E-state index contributed by atoms with van der Waals surface area (Å²) in [4.78, 5) is 2.27. The van der Waals surface area contributed by atoms with Crippen LogP contribution >= 0.6 is 11.6 Å². The smallest absolute Gasteiger partial charge is 0.241 e. The standard InChI is InChI=1S/C17H21ClN2O2S/c1-13-8-9-16(18)10-17(13)23(21,22)19-11-14-6-4-5-7-15(14)12-20(2)3/h4-10,19H,11-12H2,1-3H3. The van der Waals surface area contributed by atoms with Crippen molar-refractivity contribution in [1.29, 1.82) is 0 Å². The van der Waals surface area contributed by atoms with Crippen LogP contribution in [0.25, 0.3) is 0 Å². The highest BCUT2D eigenvalue weighted by Crippen LogP contribution is 2.20. The summed E-state index contributed by atoms with van der Waals surface area (Å²) in [5.74, 6) is 0. The monoisotopic (exact) mass is 352 g/mol. The fourth-order valence-electron chi connectivity index (χ4n) is 2.34. The fourth-order valence-corrected chi connectivity index (χ4v) is 3.85. The Morgan fingerprint density at radius 3 is 2.39 bits per heavy atom. The molecule has 0 aromatic heterocycles. The number of hydrogen-bond acceptors (Lipinski definition) is 3. The Labute approximate surface area is 143 Å². The van der Waals surface area contributed by atoms with Crippen molar-refractivity contribution in [3.63, 3.8) is 0 Å². The number of benzene rings is 2. The second kappa shape index (κ2) is 7.45. The van der Waals surface area contributed by atoms with Crippen LogP contribution in [0.5, 0.6) is 0 Å². The normalized spacial score (nSPS) is 11.9. The molecule has 0 fully saturated rings. The molecule has 0 radical (unpaired) electrons. The Morgan fingerprint density at radius 2 is 1.74 bits per heavy atom. The summed E-state index contributed by atoms with van der Waals surface area (Å²) >= 11 is 5.92. The highest BCUT2D eigenvalue weighted by Gasteiger charge is 2.17. The molecule has 0 spiro atoms. The summed E-state index contributed by atoms with van der Waals surface area (Å²) in [6, 6.07) is 12.7. The van der Waals surface area contributed by atoms with E-state index >= 15 is 0 Å². The second-order valence-corrected chi connectivity index (χ2v) is 7.91. The second-order valence-electron chi connectivity index (χ2n) is 5.74. The molecule has 0 aliphatic rings. The highest BCUT2D eigenvalue weighted by atomic mass is 35.5. The predicted octanol–water partition coefficient (Wildman–Crippen LogP) is 3.19. The van der Waals surface area contributed by atoms with Gasteiger partial charge in [0.2, 0.25) is 10.0 Å². The Kier molecular flexibility index (Phi) is 5.81. The molecule has 0 saturated carbocycles. The zero-order valence-electron chi connectivity index (χ0n) is 13.5. The van der Waals surface area contributed by atoms with Gasteiger partial charge >= 0.3 is 0 Å². The van der Waals surface area contributed by atoms with Gasteiger partial charge in [0, 0.05) is 18.1 Å². The lowest BCUT2D eigenvalue weighted by molar-refractivity contribution is 0.400. The van der Waals surface area contributed by atoms with Gasteiger partial charge in [-0.05, 0) is 49.8 Å². The molecule has 2 rings (SSSR count). The van der Waals surface area contributed by atoms with Gasteiger partial charge in [-0.3, -0.25) is 0 Å². The average Bonchev–Trinajstić information content (AvgIpc) is 2.48. The van der Waals surface area contributed by atoms with Gasteiger partial charge in [0.25, 0.3) is 0 Å². The molecule has 0 bridgehead atoms. The molecule has 124 valence electrons. The molecule has 0 saturated heterocycles. The number of rotatable bonds is 6. The van der Waals surface area contributed by atoms with E-state index in [2.05, 4.69) is 9.62 Å². The maximum atomic E-state index is 12.5. The molecule has 0 aliphatic heterocycles. The zero-order chi connectivity index (χ0) is 17.0. The van der Waals surface area contributed by atoms with Crippen LogP contribution in [0.1, 0.15) is 16.7 Å². The van der Waals surface area contributed by atoms with Crippen LogP contribution in [0.4, 0.5) is 0 Å². The van der Waals surface area contributed by atoms with E-state index in [1.165, 1.54) is 6.07 Å². The number of hydrogen-bond donors (Lipinski definition) is 1. The van der Waals surface area contributed by atoms with Gasteiger partial charge in [-0.2, -0.15) is 0 Å². The first-order valence-electron chi connectivity index (χ1n) is 7.27. The van der Waals surface area contributed by atoms with Gasteiger partial charge in [-0.15, -0.1) is 0 Å². The van der Waals surface area contributed by atoms with Gasteiger partial charge < -0.3 is 4.90 Å². The number of nitrogens with zero attached hydrogens (tertiary/aromatic N) is 1. The Balaban J connectivity index is 2.22. The zero-order valence-corrected chi connectivity index (χ0v) is 15.1. The molecule has 0 heterocycles. The summed E-state index contributed by atoms with van der Waals surface area (Å²) in [5, 5.41) is 0.406. The Bertz CT molecular complexity index is 789. The quantitative estimate of drug-likeness (QED) is 0.868. The van der Waals surface area contributed by atoms with Gasteiger partial charge in [0.05, 0.1) is 4.90 Å². The SMILES string of the molecule is Cc1ccc(Cl)cc1S(=O)(=O)NCc1ccccc1CN(C)C. The summed E-state index contributed by atoms with van der Waals surface area (Å²) in [5.41, 5.74) is 2.73. The van der Waals surface area contributed by atoms with E-state index in [4.69, 9.17) is 11.6 Å². The van der Waals surface area contributed by atoms with Gasteiger partial charge in [0.15, 0.2) is 0 Å². The minimum atomic E-state index is -3.60. The molecule has 1 N–H and O–H groups in total. The largest absolute Gasteiger partial charge is 0.305 e. The molecule has 2 aromatic rings. The molecule has 0 amide bonds. The maximum Gasteiger partial charge on any atom is 0.241 e. The molecule has 2 aromatic carbocycles. The third kappa shape index (κ3) is 4.78. The van der Waals surface area contributed by atoms with Crippen molar-refractivity contribution in [1.82, 2.24) is 9.62 Å². The lowest BCUT2D eigenvalue weighted by Gasteiger charge is -2.15. The average molecular weight is 353 g/mol. The van der Waals surface area contributed by atoms with E-state index < -0.39 is 10.0 Å². The van der Waals surface area contributed by atoms with E-state index in [-0.39, 0.29) is 11.4 Å². The van der Waals surface area contributed by atoms with Crippen molar-refractivity contribution < 1.29 is 8.42 Å². The molecular formula is C17H21ClN2O2S. The van der Waals surface area contributed by atoms with E-state index in [0.717, 1.165) is 17.7 Å². The van der Waals surface area contributed by atoms with E-state index in [9.17, 15) is 8.42 Å². The summed E-state index contributed by atoms with van der Waals surface area (Å²) in [6.45, 7) is 2.76. The topological polar surface area (TPSA) is 49.4 Å². The van der Waals surface area contributed by atoms with Gasteiger partial charge in [-0.1, -0.05) is 41.9 Å². The van der Waals surface area contributed by atoms with Crippen molar-refractivity contribution >= 4 is 21.6 Å². The highest BCUT2D eigenvalue weighted by molar-refractivity contribution is 7.89. The van der Waals surface area contributed by atoms with Crippen LogP contribution in [0, 0.1) is 6.92 Å². The van der Waals surface area contributed by atoms with Crippen molar-refractivity contribution in [2.45, 2.75) is 24.9 Å². The van der Waals surface area contributed by atoms with Crippen LogP contribution in [-0.4, -0.2) is 27.4 Å². The van der Waals surface area contributed by atoms with Crippen LogP contribution in [0.2, 0.25) is 5.02 Å². The third-order valence-corrected chi connectivity index (χ3v) is 5.28. The minimum Gasteiger partial charge on any atom is -0.305 e. The van der Waals surface area contributed by atoms with Crippen molar-refractivity contribution in [3.8, 4) is 0 Å². The fraction of sp³-hybridized carbons (Fsp3) is 0.294. The van der Waals surface area contributed by atoms with Crippen molar-refractivity contribution in [2.75, 3.05) is 14.1 Å². The van der Waals surface area contributed by atoms with Crippen molar-refractivity contribution in [3.05, 3.63) is 64.2 Å². The van der Waals surface area contributed by atoms with Crippen LogP contribution in [0.3, 0.4) is 0 Å².